The van der Waals surface area contributed by atoms with E-state index in [4.69, 9.17) is 0 Å². The molecule has 4 rings (SSSR count). The highest BCUT2D eigenvalue weighted by Gasteiger charge is 2.67. The van der Waals surface area contributed by atoms with Crippen molar-refractivity contribution in [1.29, 1.82) is 0 Å². The maximum atomic E-state index is 13.2. The Hall–Kier alpha value is -1.32. The van der Waals surface area contributed by atoms with Gasteiger partial charge in [0.15, 0.2) is 11.4 Å². The molecule has 4 aliphatic carbocycles. The fourth-order valence-corrected chi connectivity index (χ4v) is 8.32. The van der Waals surface area contributed by atoms with E-state index in [1.165, 1.54) is 6.92 Å². The maximum Gasteiger partial charge on any atom is 0.335 e. The van der Waals surface area contributed by atoms with Gasteiger partial charge in [-0.15, -0.1) is 0 Å². The number of carboxylic acid groups (broad SMARTS) is 1. The highest BCUT2D eigenvalue weighted by Crippen LogP contribution is 2.68. The zero-order chi connectivity index (χ0) is 26.1. The number of fused-ring (bicyclic) bond motifs is 5. The molecule has 0 saturated heterocycles. The second-order valence-corrected chi connectivity index (χ2v) is 12.7. The Bertz CT molecular complexity index is 913. The molecule has 3 saturated carbocycles. The van der Waals surface area contributed by atoms with Gasteiger partial charge in [0.05, 0.1) is 23.9 Å². The molecule has 0 bridgehead atoms. The van der Waals surface area contributed by atoms with Gasteiger partial charge in [-0.25, -0.2) is 4.79 Å². The molecule has 8 nitrogen and oxygen atoms in total. The van der Waals surface area contributed by atoms with E-state index in [9.17, 15) is 40.2 Å². The van der Waals surface area contributed by atoms with Gasteiger partial charge in [0.25, 0.3) is 0 Å². The van der Waals surface area contributed by atoms with Crippen LogP contribution in [0, 0.1) is 34.5 Å². The van der Waals surface area contributed by atoms with Crippen LogP contribution in [0.2, 0.25) is 0 Å². The molecule has 0 radical (unpaired) electrons. The van der Waals surface area contributed by atoms with Crippen LogP contribution >= 0.6 is 0 Å². The lowest BCUT2D eigenvalue weighted by atomic mass is 9.46. The highest BCUT2D eigenvalue weighted by atomic mass is 16.4. The molecule has 11 atom stereocenters. The van der Waals surface area contributed by atoms with Crippen molar-refractivity contribution in [3.8, 4) is 0 Å². The van der Waals surface area contributed by atoms with Crippen molar-refractivity contribution in [2.45, 2.75) is 109 Å². The summed E-state index contributed by atoms with van der Waals surface area (Å²) in [6, 6.07) is 0. The number of carbonyl (C=O) groups is 2. The molecule has 198 valence electrons. The number of carboxylic acids is 1. The average molecular weight is 495 g/mol. The van der Waals surface area contributed by atoms with Crippen molar-refractivity contribution < 1.29 is 40.2 Å². The first-order valence-corrected chi connectivity index (χ1v) is 13.1. The van der Waals surface area contributed by atoms with Gasteiger partial charge >= 0.3 is 5.97 Å². The molecule has 8 heteroatoms. The predicted molar refractivity (Wildman–Crippen MR) is 127 cm³/mol. The summed E-state index contributed by atoms with van der Waals surface area (Å²) in [7, 11) is 0. The summed E-state index contributed by atoms with van der Waals surface area (Å²) in [4.78, 5) is 24.5. The summed E-state index contributed by atoms with van der Waals surface area (Å²) in [6.07, 6.45) is 2.20. The number of hydrogen-bond donors (Lipinski definition) is 6. The Labute approximate surface area is 207 Å². The van der Waals surface area contributed by atoms with Crippen LogP contribution in [0.25, 0.3) is 0 Å². The molecule has 6 N–H and O–H groups in total. The third-order valence-electron chi connectivity index (χ3n) is 10.8. The molecule has 3 fully saturated rings. The Kier molecular flexibility index (Phi) is 6.59. The summed E-state index contributed by atoms with van der Waals surface area (Å²) in [6.45, 7) is 7.20. The molecule has 4 aliphatic rings. The van der Waals surface area contributed by atoms with Gasteiger partial charge in [-0.3, -0.25) is 4.79 Å². The van der Waals surface area contributed by atoms with Crippen LogP contribution in [0.3, 0.4) is 0 Å². The van der Waals surface area contributed by atoms with Gasteiger partial charge in [-0.1, -0.05) is 20.8 Å². The van der Waals surface area contributed by atoms with E-state index < -0.39 is 46.3 Å². The monoisotopic (exact) mass is 494 g/mol. The van der Waals surface area contributed by atoms with Gasteiger partial charge in [0, 0.05) is 11.3 Å². The number of aliphatic carboxylic acids is 1. The standard InChI is InChI=1S/C27H42O8/c1-14(19(28)7-9-26(4,34)23(32)33)15-6-10-27(35)17-11-20(29)18-12-21(30)22(31)13-24(18,2)16(17)5-8-25(15,27)3/h11,14-16,18-19,21-22,28,30-31,34-35H,5-10,12-13H2,1-4H3,(H,32,33)/t14-,15+,16?,18-,19+,21+,22-,24+,25+,26?,27?/m0/s1. The number of aliphatic hydroxyl groups excluding tert-OH is 3. The van der Waals surface area contributed by atoms with Gasteiger partial charge in [0.2, 0.25) is 0 Å². The Morgan fingerprint density at radius 3 is 2.46 bits per heavy atom. The fourth-order valence-electron chi connectivity index (χ4n) is 8.32. The van der Waals surface area contributed by atoms with Gasteiger partial charge in [-0.05, 0) is 93.1 Å². The van der Waals surface area contributed by atoms with Crippen molar-refractivity contribution in [1.82, 2.24) is 0 Å². The average Bonchev–Trinajstić information content (AvgIpc) is 3.05. The lowest BCUT2D eigenvalue weighted by molar-refractivity contribution is -0.159. The van der Waals surface area contributed by atoms with Crippen LogP contribution in [0.1, 0.15) is 79.1 Å². The van der Waals surface area contributed by atoms with E-state index in [-0.39, 0.29) is 48.7 Å². The third kappa shape index (κ3) is 3.91. The Morgan fingerprint density at radius 1 is 1.17 bits per heavy atom. The summed E-state index contributed by atoms with van der Waals surface area (Å²) >= 11 is 0. The number of rotatable bonds is 6. The lowest BCUT2D eigenvalue weighted by Crippen LogP contribution is -2.61. The second kappa shape index (κ2) is 8.62. The molecule has 0 aliphatic heterocycles. The van der Waals surface area contributed by atoms with Crippen molar-refractivity contribution >= 4 is 11.8 Å². The van der Waals surface area contributed by atoms with E-state index in [1.807, 2.05) is 20.8 Å². The molecule has 0 aromatic rings. The van der Waals surface area contributed by atoms with Crippen LogP contribution in [0.4, 0.5) is 0 Å². The normalized spacial score (nSPS) is 46.5. The van der Waals surface area contributed by atoms with E-state index in [1.54, 1.807) is 6.08 Å². The number of hydrogen-bond acceptors (Lipinski definition) is 7. The van der Waals surface area contributed by atoms with E-state index in [0.29, 0.717) is 25.7 Å². The van der Waals surface area contributed by atoms with E-state index >= 15 is 0 Å². The Morgan fingerprint density at radius 2 is 1.83 bits per heavy atom. The first-order valence-electron chi connectivity index (χ1n) is 13.1. The first kappa shape index (κ1) is 26.7. The topological polar surface area (TPSA) is 156 Å². The maximum absolute atomic E-state index is 13.2. The highest BCUT2D eigenvalue weighted by molar-refractivity contribution is 5.95. The zero-order valence-electron chi connectivity index (χ0n) is 21.3. The SMILES string of the molecule is C[C@H]([C@H](O)CCC(C)(O)C(=O)O)[C@H]1CCC2(O)C3=CC(=O)[C@@H]4C[C@@H](O)[C@@H](O)C[C@]4(C)C3CC[C@]12C. The van der Waals surface area contributed by atoms with Crippen molar-refractivity contribution in [3.05, 3.63) is 11.6 Å². The number of allylic oxidation sites excluding steroid dienone is 1. The third-order valence-corrected chi connectivity index (χ3v) is 10.8. The summed E-state index contributed by atoms with van der Waals surface area (Å²) < 4.78 is 0. The lowest BCUT2D eigenvalue weighted by Gasteiger charge is -2.60. The molecule has 0 heterocycles. The number of carbonyl (C=O) groups excluding carboxylic acids is 1. The van der Waals surface area contributed by atoms with Crippen molar-refractivity contribution in [2.75, 3.05) is 0 Å². The molecule has 0 spiro atoms. The Balaban J connectivity index is 1.59. The van der Waals surface area contributed by atoms with Crippen LogP contribution in [-0.2, 0) is 9.59 Å². The molecule has 0 aromatic carbocycles. The second-order valence-electron chi connectivity index (χ2n) is 12.7. The number of ketones is 1. The minimum Gasteiger partial charge on any atom is -0.479 e. The van der Waals surface area contributed by atoms with Gasteiger partial charge in [0.1, 0.15) is 0 Å². The van der Waals surface area contributed by atoms with Gasteiger partial charge in [-0.2, -0.15) is 0 Å². The van der Waals surface area contributed by atoms with Crippen LogP contribution < -0.4 is 0 Å². The van der Waals surface area contributed by atoms with Gasteiger partial charge < -0.3 is 30.6 Å². The smallest absolute Gasteiger partial charge is 0.335 e. The molecular formula is C27H42O8. The van der Waals surface area contributed by atoms with Crippen LogP contribution in [-0.4, -0.2) is 71.9 Å². The summed E-state index contributed by atoms with van der Waals surface area (Å²) in [5.41, 5.74) is -3.46. The molecule has 35 heavy (non-hydrogen) atoms. The quantitative estimate of drug-likeness (QED) is 0.327. The van der Waals surface area contributed by atoms with Crippen LogP contribution in [0.15, 0.2) is 11.6 Å². The fraction of sp³-hybridized carbons (Fsp3) is 0.852. The predicted octanol–water partition coefficient (Wildman–Crippen LogP) is 1.80. The van der Waals surface area contributed by atoms with Crippen molar-refractivity contribution in [3.63, 3.8) is 0 Å². The molecule has 0 aromatic heterocycles. The molecule has 3 unspecified atom stereocenters. The summed E-state index contributed by atoms with van der Waals surface area (Å²) in [5, 5.41) is 63.0. The minimum atomic E-state index is -1.91. The largest absolute Gasteiger partial charge is 0.479 e. The summed E-state index contributed by atoms with van der Waals surface area (Å²) in [5.74, 6) is -2.12. The first-order chi connectivity index (χ1) is 16.1. The number of aliphatic hydroxyl groups is 5. The molecule has 0 amide bonds. The zero-order valence-corrected chi connectivity index (χ0v) is 21.3. The van der Waals surface area contributed by atoms with Crippen molar-refractivity contribution in [2.24, 2.45) is 34.5 Å². The van der Waals surface area contributed by atoms with E-state index in [2.05, 4.69) is 0 Å². The van der Waals surface area contributed by atoms with E-state index in [0.717, 1.165) is 12.0 Å². The van der Waals surface area contributed by atoms with Crippen LogP contribution in [0.5, 0.6) is 0 Å². The molecular weight excluding hydrogens is 452 g/mol. The minimum absolute atomic E-state index is 0.0430.